The van der Waals surface area contributed by atoms with Crippen LogP contribution in [0.5, 0.6) is 0 Å². The summed E-state index contributed by atoms with van der Waals surface area (Å²) in [6.45, 7) is 3.19. The summed E-state index contributed by atoms with van der Waals surface area (Å²) in [7, 11) is 0. The van der Waals surface area contributed by atoms with Gasteiger partial charge < -0.3 is 15.4 Å². The van der Waals surface area contributed by atoms with Crippen LogP contribution in [0, 0.1) is 5.41 Å². The van der Waals surface area contributed by atoms with Gasteiger partial charge in [0, 0.05) is 24.8 Å². The lowest BCUT2D eigenvalue weighted by Gasteiger charge is -2.54. The van der Waals surface area contributed by atoms with E-state index in [0.29, 0.717) is 5.65 Å². The van der Waals surface area contributed by atoms with E-state index in [1.807, 2.05) is 34.7 Å². The molecular formula is C16H15N5O2S. The molecule has 0 unspecified atom stereocenters. The number of anilines is 1. The number of ether oxygens (including phenoxy) is 1. The van der Waals surface area contributed by atoms with Gasteiger partial charge in [-0.1, -0.05) is 0 Å². The predicted octanol–water partition coefficient (Wildman–Crippen LogP) is 1.51. The van der Waals surface area contributed by atoms with Gasteiger partial charge in [-0.3, -0.25) is 4.79 Å². The van der Waals surface area contributed by atoms with Crippen molar-refractivity contribution in [3.63, 3.8) is 0 Å². The Morgan fingerprint density at radius 3 is 2.88 bits per heavy atom. The number of nitrogens with two attached hydrogens (primary N) is 1. The van der Waals surface area contributed by atoms with Gasteiger partial charge in [-0.15, -0.1) is 16.4 Å². The molecule has 0 saturated carbocycles. The molecule has 0 radical (unpaired) electrons. The van der Waals surface area contributed by atoms with Crippen LogP contribution >= 0.6 is 11.3 Å². The molecule has 0 aromatic carbocycles. The monoisotopic (exact) mass is 341 g/mol. The number of likely N-dealkylation sites (tertiary alicyclic amines) is 1. The van der Waals surface area contributed by atoms with E-state index in [4.69, 9.17) is 10.5 Å². The molecule has 3 aromatic heterocycles. The second kappa shape index (κ2) is 4.78. The zero-order chi connectivity index (χ0) is 16.3. The Morgan fingerprint density at radius 2 is 2.12 bits per heavy atom. The molecular weight excluding hydrogens is 326 g/mol. The van der Waals surface area contributed by atoms with E-state index >= 15 is 0 Å². The summed E-state index contributed by atoms with van der Waals surface area (Å²) in [4.78, 5) is 19.3. The number of nitrogen functional groups attached to an aromatic ring is 1. The maximum atomic E-state index is 12.6. The van der Waals surface area contributed by atoms with Gasteiger partial charge >= 0.3 is 0 Å². The van der Waals surface area contributed by atoms with E-state index in [-0.39, 0.29) is 17.3 Å². The largest absolute Gasteiger partial charge is 0.380 e. The smallest absolute Gasteiger partial charge is 0.263 e. The molecule has 0 aliphatic carbocycles. The van der Waals surface area contributed by atoms with E-state index in [1.54, 1.807) is 4.52 Å². The molecule has 24 heavy (non-hydrogen) atoms. The first-order chi connectivity index (χ1) is 11.6. The number of hydrogen-bond acceptors (Lipinski definition) is 6. The van der Waals surface area contributed by atoms with Gasteiger partial charge in [-0.25, -0.2) is 4.52 Å². The first-order valence-electron chi connectivity index (χ1n) is 7.70. The van der Waals surface area contributed by atoms with Crippen molar-refractivity contribution in [2.24, 2.45) is 5.41 Å². The molecule has 0 atom stereocenters. The number of nitrogens with zero attached hydrogens (tertiary/aromatic N) is 4. The molecule has 7 nitrogen and oxygen atoms in total. The van der Waals surface area contributed by atoms with Crippen LogP contribution in [0.3, 0.4) is 0 Å². The Balaban J connectivity index is 1.38. The van der Waals surface area contributed by atoms with Gasteiger partial charge in [-0.05, 0) is 29.1 Å². The third-order valence-corrected chi connectivity index (χ3v) is 5.57. The van der Waals surface area contributed by atoms with E-state index < -0.39 is 0 Å². The van der Waals surface area contributed by atoms with Crippen molar-refractivity contribution in [3.05, 3.63) is 34.7 Å². The zero-order valence-electron chi connectivity index (χ0n) is 12.8. The topological polar surface area (TPSA) is 85.8 Å². The highest BCUT2D eigenvalue weighted by Crippen LogP contribution is 2.39. The molecule has 3 aromatic rings. The SMILES string of the molecule is Nc1nc2ccc(-c3csc(C(=O)N4CC5(COC5)C4)c3)cn2n1. The molecule has 5 heterocycles. The molecule has 2 N–H and O–H groups in total. The highest BCUT2D eigenvalue weighted by molar-refractivity contribution is 7.12. The Labute approximate surface area is 141 Å². The van der Waals surface area contributed by atoms with Crippen LogP contribution in [0.2, 0.25) is 0 Å². The van der Waals surface area contributed by atoms with Crippen molar-refractivity contribution in [2.75, 3.05) is 32.0 Å². The predicted molar refractivity (Wildman–Crippen MR) is 89.9 cm³/mol. The minimum absolute atomic E-state index is 0.106. The number of carbonyl (C=O) groups excluding carboxylic acids is 1. The second-order valence-corrected chi connectivity index (χ2v) is 7.46. The standard InChI is InChI=1S/C16H15N5O2S/c17-15-18-13-2-1-10(4-21(13)19-15)11-3-12(24-5-11)14(22)20-6-16(7-20)8-23-9-16/h1-5H,6-9H2,(H2,17,19). The summed E-state index contributed by atoms with van der Waals surface area (Å²) >= 11 is 1.47. The van der Waals surface area contributed by atoms with Crippen LogP contribution in [0.1, 0.15) is 9.67 Å². The van der Waals surface area contributed by atoms with E-state index in [0.717, 1.165) is 42.3 Å². The molecule has 8 heteroatoms. The number of hydrogen-bond donors (Lipinski definition) is 1. The summed E-state index contributed by atoms with van der Waals surface area (Å²) in [5.74, 6) is 0.356. The molecule has 2 aliphatic heterocycles. The van der Waals surface area contributed by atoms with Gasteiger partial charge in [0.05, 0.1) is 23.5 Å². The van der Waals surface area contributed by atoms with E-state index in [9.17, 15) is 4.79 Å². The zero-order valence-corrected chi connectivity index (χ0v) is 13.6. The van der Waals surface area contributed by atoms with E-state index in [1.165, 1.54) is 11.3 Å². The van der Waals surface area contributed by atoms with E-state index in [2.05, 4.69) is 10.1 Å². The number of rotatable bonds is 2. The summed E-state index contributed by atoms with van der Waals surface area (Å²) in [5.41, 5.74) is 8.55. The van der Waals surface area contributed by atoms with Gasteiger partial charge in [-0.2, -0.15) is 4.98 Å². The minimum atomic E-state index is 0.106. The lowest BCUT2D eigenvalue weighted by Crippen LogP contribution is -2.67. The van der Waals surface area contributed by atoms with Crippen LogP contribution < -0.4 is 5.73 Å². The Kier molecular flexibility index (Phi) is 2.77. The summed E-state index contributed by atoms with van der Waals surface area (Å²) in [6, 6.07) is 5.77. The van der Waals surface area contributed by atoms with Crippen LogP contribution in [-0.2, 0) is 4.74 Å². The average molecular weight is 341 g/mol. The third-order valence-electron chi connectivity index (χ3n) is 4.65. The summed E-state index contributed by atoms with van der Waals surface area (Å²) in [6.07, 6.45) is 1.87. The highest BCUT2D eigenvalue weighted by atomic mass is 32.1. The number of amides is 1. The number of carbonyl (C=O) groups is 1. The molecule has 2 fully saturated rings. The van der Waals surface area contributed by atoms with Crippen LogP contribution in [-0.4, -0.2) is 51.7 Å². The second-order valence-electron chi connectivity index (χ2n) is 6.54. The molecule has 1 amide bonds. The number of aromatic nitrogens is 3. The number of pyridine rings is 1. The fourth-order valence-corrected chi connectivity index (χ4v) is 4.19. The Bertz CT molecular complexity index is 950. The number of thiophene rings is 1. The first-order valence-corrected chi connectivity index (χ1v) is 8.58. The number of fused-ring (bicyclic) bond motifs is 1. The van der Waals surface area contributed by atoms with Crippen molar-refractivity contribution >= 4 is 28.8 Å². The summed E-state index contributed by atoms with van der Waals surface area (Å²) < 4.78 is 6.91. The lowest BCUT2D eigenvalue weighted by molar-refractivity contribution is -0.176. The first kappa shape index (κ1) is 13.9. The van der Waals surface area contributed by atoms with Gasteiger partial charge in [0.2, 0.25) is 5.95 Å². The normalized spacial score (nSPS) is 18.6. The average Bonchev–Trinajstić information content (AvgIpc) is 3.08. The maximum Gasteiger partial charge on any atom is 0.263 e. The molecule has 122 valence electrons. The lowest BCUT2D eigenvalue weighted by atomic mass is 9.78. The van der Waals surface area contributed by atoms with Crippen molar-refractivity contribution in [1.82, 2.24) is 19.5 Å². The molecule has 2 aliphatic rings. The quantitative estimate of drug-likeness (QED) is 0.764. The Morgan fingerprint density at radius 1 is 1.29 bits per heavy atom. The molecule has 2 saturated heterocycles. The van der Waals surface area contributed by atoms with Crippen LogP contribution in [0.15, 0.2) is 29.8 Å². The van der Waals surface area contributed by atoms with Crippen molar-refractivity contribution < 1.29 is 9.53 Å². The van der Waals surface area contributed by atoms with Gasteiger partial charge in [0.1, 0.15) is 0 Å². The van der Waals surface area contributed by atoms with Crippen molar-refractivity contribution in [1.29, 1.82) is 0 Å². The fourth-order valence-electron chi connectivity index (χ4n) is 3.31. The van der Waals surface area contributed by atoms with Gasteiger partial charge in [0.15, 0.2) is 5.65 Å². The fraction of sp³-hybridized carbons (Fsp3) is 0.312. The summed E-state index contributed by atoms with van der Waals surface area (Å²) in [5, 5.41) is 6.12. The highest BCUT2D eigenvalue weighted by Gasteiger charge is 2.50. The molecule has 5 rings (SSSR count). The van der Waals surface area contributed by atoms with Gasteiger partial charge in [0.25, 0.3) is 5.91 Å². The molecule has 1 spiro atoms. The third kappa shape index (κ3) is 2.03. The Hall–Kier alpha value is -2.45. The molecule has 0 bridgehead atoms. The minimum Gasteiger partial charge on any atom is -0.380 e. The maximum absolute atomic E-state index is 12.6. The van der Waals surface area contributed by atoms with Crippen molar-refractivity contribution in [2.45, 2.75) is 0 Å². The van der Waals surface area contributed by atoms with Crippen LogP contribution in [0.4, 0.5) is 5.95 Å². The van der Waals surface area contributed by atoms with Crippen molar-refractivity contribution in [3.8, 4) is 11.1 Å². The van der Waals surface area contributed by atoms with Crippen LogP contribution in [0.25, 0.3) is 16.8 Å².